The van der Waals surface area contributed by atoms with Gasteiger partial charge in [0.15, 0.2) is 0 Å². The number of aromatic nitrogens is 2. The summed E-state index contributed by atoms with van der Waals surface area (Å²) in [5.41, 5.74) is 6.76. The Balaban J connectivity index is 2.45. The quantitative estimate of drug-likeness (QED) is 0.831. The van der Waals surface area contributed by atoms with Crippen LogP contribution in [0.2, 0.25) is 0 Å². The summed E-state index contributed by atoms with van der Waals surface area (Å²) >= 11 is 0. The van der Waals surface area contributed by atoms with E-state index < -0.39 is 10.0 Å². The average Bonchev–Trinajstić information content (AvgIpc) is 3.08. The van der Waals surface area contributed by atoms with Gasteiger partial charge in [0, 0.05) is 19.1 Å². The molecule has 0 spiro atoms. The minimum absolute atomic E-state index is 0.173. The molecule has 1 aliphatic carbocycles. The van der Waals surface area contributed by atoms with Gasteiger partial charge in [-0.25, -0.2) is 8.42 Å². The SMILES string of the molecule is CCN(C1CC1)S(=O)(=O)c1c(C)nn(CCN)c1C. The minimum atomic E-state index is -3.44. The monoisotopic (exact) mass is 286 g/mol. The highest BCUT2D eigenvalue weighted by Gasteiger charge is 2.39. The molecule has 6 nitrogen and oxygen atoms in total. The summed E-state index contributed by atoms with van der Waals surface area (Å²) in [5.74, 6) is 0. The molecule has 1 aliphatic rings. The van der Waals surface area contributed by atoms with Crippen LogP contribution < -0.4 is 5.73 Å². The molecule has 1 heterocycles. The van der Waals surface area contributed by atoms with E-state index in [0.29, 0.717) is 35.9 Å². The summed E-state index contributed by atoms with van der Waals surface area (Å²) in [6, 6.07) is 0.173. The molecule has 0 radical (unpaired) electrons. The molecule has 1 aromatic heterocycles. The minimum Gasteiger partial charge on any atom is -0.329 e. The lowest BCUT2D eigenvalue weighted by atomic mass is 10.4. The first-order chi connectivity index (χ1) is 8.93. The molecule has 0 unspecified atom stereocenters. The van der Waals surface area contributed by atoms with Crippen molar-refractivity contribution in [2.24, 2.45) is 5.73 Å². The van der Waals surface area contributed by atoms with Gasteiger partial charge in [-0.05, 0) is 26.7 Å². The molecule has 19 heavy (non-hydrogen) atoms. The van der Waals surface area contributed by atoms with Crippen LogP contribution in [0.5, 0.6) is 0 Å². The Morgan fingerprint density at radius 2 is 2.05 bits per heavy atom. The maximum Gasteiger partial charge on any atom is 0.246 e. The Bertz CT molecular complexity index is 561. The van der Waals surface area contributed by atoms with Crippen molar-refractivity contribution in [2.45, 2.75) is 51.1 Å². The van der Waals surface area contributed by atoms with Gasteiger partial charge in [-0.2, -0.15) is 9.40 Å². The zero-order valence-electron chi connectivity index (χ0n) is 11.8. The summed E-state index contributed by atoms with van der Waals surface area (Å²) in [6.07, 6.45) is 1.92. The highest BCUT2D eigenvalue weighted by Crippen LogP contribution is 2.33. The maximum atomic E-state index is 12.7. The summed E-state index contributed by atoms with van der Waals surface area (Å²) in [5, 5.41) is 4.29. The Morgan fingerprint density at radius 3 is 2.53 bits per heavy atom. The van der Waals surface area contributed by atoms with E-state index in [1.54, 1.807) is 22.8 Å². The third kappa shape index (κ3) is 2.54. The topological polar surface area (TPSA) is 81.2 Å². The standard InChI is InChI=1S/C12H22N4O2S/c1-4-16(11-5-6-11)19(17,18)12-9(2)14-15(8-7-13)10(12)3/h11H,4-8,13H2,1-3H3. The zero-order chi connectivity index (χ0) is 14.2. The number of aryl methyl sites for hydroxylation is 1. The number of sulfonamides is 1. The third-order valence-electron chi connectivity index (χ3n) is 3.49. The van der Waals surface area contributed by atoms with E-state index in [0.717, 1.165) is 12.8 Å². The van der Waals surface area contributed by atoms with Gasteiger partial charge in [0.1, 0.15) is 4.90 Å². The van der Waals surface area contributed by atoms with E-state index >= 15 is 0 Å². The van der Waals surface area contributed by atoms with Gasteiger partial charge >= 0.3 is 0 Å². The lowest BCUT2D eigenvalue weighted by molar-refractivity contribution is 0.420. The number of rotatable bonds is 6. The van der Waals surface area contributed by atoms with Crippen LogP contribution in [-0.2, 0) is 16.6 Å². The molecular formula is C12H22N4O2S. The predicted molar refractivity (Wildman–Crippen MR) is 73.3 cm³/mol. The average molecular weight is 286 g/mol. The van der Waals surface area contributed by atoms with Crippen LogP contribution in [0, 0.1) is 13.8 Å². The zero-order valence-corrected chi connectivity index (χ0v) is 12.6. The van der Waals surface area contributed by atoms with Crippen LogP contribution >= 0.6 is 0 Å². The van der Waals surface area contributed by atoms with Crippen molar-refractivity contribution < 1.29 is 8.42 Å². The molecule has 0 bridgehead atoms. The lowest BCUT2D eigenvalue weighted by Crippen LogP contribution is -2.33. The molecule has 0 saturated heterocycles. The molecule has 0 aliphatic heterocycles. The van der Waals surface area contributed by atoms with Crippen molar-refractivity contribution in [3.63, 3.8) is 0 Å². The molecular weight excluding hydrogens is 264 g/mol. The lowest BCUT2D eigenvalue weighted by Gasteiger charge is -2.20. The highest BCUT2D eigenvalue weighted by molar-refractivity contribution is 7.89. The molecule has 0 amide bonds. The van der Waals surface area contributed by atoms with E-state index in [2.05, 4.69) is 5.10 Å². The first-order valence-corrected chi connectivity index (χ1v) is 8.13. The van der Waals surface area contributed by atoms with E-state index in [-0.39, 0.29) is 6.04 Å². The predicted octanol–water partition coefficient (Wildman–Crippen LogP) is 0.632. The van der Waals surface area contributed by atoms with E-state index in [9.17, 15) is 8.42 Å². The van der Waals surface area contributed by atoms with Crippen LogP contribution in [-0.4, -0.2) is 41.6 Å². The number of hydrogen-bond donors (Lipinski definition) is 1. The van der Waals surface area contributed by atoms with Crippen LogP contribution in [0.3, 0.4) is 0 Å². The molecule has 108 valence electrons. The molecule has 2 N–H and O–H groups in total. The summed E-state index contributed by atoms with van der Waals surface area (Å²) < 4.78 is 28.8. The molecule has 2 rings (SSSR count). The first kappa shape index (κ1) is 14.5. The summed E-state index contributed by atoms with van der Waals surface area (Å²) in [7, 11) is -3.44. The van der Waals surface area contributed by atoms with Crippen LogP contribution in [0.1, 0.15) is 31.2 Å². The van der Waals surface area contributed by atoms with Crippen molar-refractivity contribution in [1.82, 2.24) is 14.1 Å². The second-order valence-electron chi connectivity index (χ2n) is 4.95. The van der Waals surface area contributed by atoms with Crippen molar-refractivity contribution in [3.8, 4) is 0 Å². The number of nitrogens with two attached hydrogens (primary N) is 1. The highest BCUT2D eigenvalue weighted by atomic mass is 32.2. The smallest absolute Gasteiger partial charge is 0.246 e. The van der Waals surface area contributed by atoms with Gasteiger partial charge in [0.2, 0.25) is 10.0 Å². The first-order valence-electron chi connectivity index (χ1n) is 6.69. The largest absolute Gasteiger partial charge is 0.329 e. The fourth-order valence-corrected chi connectivity index (χ4v) is 4.57. The molecule has 1 aromatic rings. The second-order valence-corrected chi connectivity index (χ2v) is 6.78. The number of hydrogen-bond acceptors (Lipinski definition) is 4. The Morgan fingerprint density at radius 1 is 1.42 bits per heavy atom. The molecule has 1 saturated carbocycles. The fraction of sp³-hybridized carbons (Fsp3) is 0.750. The van der Waals surface area contributed by atoms with Gasteiger partial charge < -0.3 is 5.73 Å². The fourth-order valence-electron chi connectivity index (χ4n) is 2.50. The molecule has 1 fully saturated rings. The van der Waals surface area contributed by atoms with Crippen LogP contribution in [0.25, 0.3) is 0 Å². The Kier molecular flexibility index (Phi) is 3.98. The van der Waals surface area contributed by atoms with E-state index in [4.69, 9.17) is 5.73 Å². The van der Waals surface area contributed by atoms with Crippen molar-refractivity contribution in [1.29, 1.82) is 0 Å². The molecule has 7 heteroatoms. The van der Waals surface area contributed by atoms with Gasteiger partial charge in [0.25, 0.3) is 0 Å². The van der Waals surface area contributed by atoms with Gasteiger partial charge in [-0.3, -0.25) is 4.68 Å². The second kappa shape index (κ2) is 5.22. The van der Waals surface area contributed by atoms with Gasteiger partial charge in [-0.15, -0.1) is 0 Å². The maximum absolute atomic E-state index is 12.7. The van der Waals surface area contributed by atoms with E-state index in [1.165, 1.54) is 0 Å². The van der Waals surface area contributed by atoms with Crippen LogP contribution in [0.15, 0.2) is 4.90 Å². The van der Waals surface area contributed by atoms with Gasteiger partial charge in [-0.1, -0.05) is 6.92 Å². The normalized spacial score (nSPS) is 16.3. The van der Waals surface area contributed by atoms with Crippen molar-refractivity contribution in [3.05, 3.63) is 11.4 Å². The van der Waals surface area contributed by atoms with Gasteiger partial charge in [0.05, 0.1) is 17.9 Å². The Hall–Kier alpha value is -0.920. The number of nitrogens with zero attached hydrogens (tertiary/aromatic N) is 3. The van der Waals surface area contributed by atoms with Crippen LogP contribution in [0.4, 0.5) is 0 Å². The molecule has 0 aromatic carbocycles. The third-order valence-corrected chi connectivity index (χ3v) is 5.77. The molecule has 0 atom stereocenters. The van der Waals surface area contributed by atoms with E-state index in [1.807, 2.05) is 6.92 Å². The Labute approximate surface area is 114 Å². The summed E-state index contributed by atoms with van der Waals surface area (Å²) in [6.45, 7) is 6.91. The van der Waals surface area contributed by atoms with Crippen molar-refractivity contribution >= 4 is 10.0 Å². The summed E-state index contributed by atoms with van der Waals surface area (Å²) in [4.78, 5) is 0.356. The van der Waals surface area contributed by atoms with Crippen molar-refractivity contribution in [2.75, 3.05) is 13.1 Å².